The minimum atomic E-state index is 0.560. The molecule has 1 saturated heterocycles. The van der Waals surface area contributed by atoms with Gasteiger partial charge in [0.2, 0.25) is 0 Å². The maximum atomic E-state index is 5.92. The summed E-state index contributed by atoms with van der Waals surface area (Å²) < 4.78 is 11.5. The number of ether oxygens (including phenoxy) is 2. The minimum absolute atomic E-state index is 0.560. The van der Waals surface area contributed by atoms with Gasteiger partial charge >= 0.3 is 0 Å². The van der Waals surface area contributed by atoms with Crippen LogP contribution < -0.4 is 14.8 Å². The maximum absolute atomic E-state index is 5.92. The van der Waals surface area contributed by atoms with Crippen LogP contribution in [0.2, 0.25) is 0 Å². The van der Waals surface area contributed by atoms with Crippen LogP contribution in [-0.2, 0) is 13.0 Å². The SMILES string of the molecule is COc1cc(CC2CCNCC2)ccc1OCc1ccccc1. The average molecular weight is 311 g/mol. The fraction of sp³-hybridized carbons (Fsp3) is 0.400. The van der Waals surface area contributed by atoms with E-state index >= 15 is 0 Å². The third-order valence-electron chi connectivity index (χ3n) is 4.45. The molecule has 3 heteroatoms. The van der Waals surface area contributed by atoms with Crippen LogP contribution in [0.4, 0.5) is 0 Å². The van der Waals surface area contributed by atoms with Crippen molar-refractivity contribution in [3.8, 4) is 11.5 Å². The van der Waals surface area contributed by atoms with E-state index in [1.807, 2.05) is 24.3 Å². The Bertz CT molecular complexity index is 606. The van der Waals surface area contributed by atoms with E-state index in [1.54, 1.807) is 7.11 Å². The highest BCUT2D eigenvalue weighted by Gasteiger charge is 2.15. The first-order chi connectivity index (χ1) is 11.3. The van der Waals surface area contributed by atoms with Crippen molar-refractivity contribution in [2.45, 2.75) is 25.9 Å². The molecule has 0 atom stereocenters. The first-order valence-electron chi connectivity index (χ1n) is 8.39. The van der Waals surface area contributed by atoms with Crippen LogP contribution in [0.25, 0.3) is 0 Å². The fourth-order valence-electron chi connectivity index (χ4n) is 3.11. The second-order valence-electron chi connectivity index (χ2n) is 6.16. The number of hydrogen-bond donors (Lipinski definition) is 1. The third-order valence-corrected chi connectivity index (χ3v) is 4.45. The van der Waals surface area contributed by atoms with Gasteiger partial charge in [-0.25, -0.2) is 0 Å². The highest BCUT2D eigenvalue weighted by molar-refractivity contribution is 5.43. The third kappa shape index (κ3) is 4.49. The molecule has 0 radical (unpaired) electrons. The molecule has 1 aliphatic heterocycles. The zero-order chi connectivity index (χ0) is 15.9. The molecule has 122 valence electrons. The second kappa shape index (κ2) is 8.02. The number of hydrogen-bond acceptors (Lipinski definition) is 3. The summed E-state index contributed by atoms with van der Waals surface area (Å²) >= 11 is 0. The van der Waals surface area contributed by atoms with E-state index < -0.39 is 0 Å². The minimum Gasteiger partial charge on any atom is -0.493 e. The number of nitrogens with one attached hydrogen (secondary N) is 1. The molecular weight excluding hydrogens is 286 g/mol. The second-order valence-corrected chi connectivity index (χ2v) is 6.16. The van der Waals surface area contributed by atoms with Crippen molar-refractivity contribution in [2.24, 2.45) is 5.92 Å². The van der Waals surface area contributed by atoms with Crippen molar-refractivity contribution in [3.63, 3.8) is 0 Å². The van der Waals surface area contributed by atoms with Crippen molar-refractivity contribution in [2.75, 3.05) is 20.2 Å². The van der Waals surface area contributed by atoms with Crippen molar-refractivity contribution in [3.05, 3.63) is 59.7 Å². The van der Waals surface area contributed by atoms with Gasteiger partial charge in [-0.15, -0.1) is 0 Å². The van der Waals surface area contributed by atoms with Crippen LogP contribution in [0.3, 0.4) is 0 Å². The number of benzene rings is 2. The summed E-state index contributed by atoms with van der Waals surface area (Å²) in [7, 11) is 1.71. The maximum Gasteiger partial charge on any atom is 0.161 e. The van der Waals surface area contributed by atoms with Crippen molar-refractivity contribution >= 4 is 0 Å². The molecule has 0 spiro atoms. The first kappa shape index (κ1) is 15.9. The van der Waals surface area contributed by atoms with Gasteiger partial charge in [-0.3, -0.25) is 0 Å². The normalized spacial score (nSPS) is 15.3. The number of piperidine rings is 1. The van der Waals surface area contributed by atoms with Gasteiger partial charge in [-0.1, -0.05) is 36.4 Å². The summed E-state index contributed by atoms with van der Waals surface area (Å²) in [6.07, 6.45) is 3.64. The van der Waals surface area contributed by atoms with Gasteiger partial charge in [-0.05, 0) is 61.5 Å². The molecule has 1 N–H and O–H groups in total. The van der Waals surface area contributed by atoms with Crippen LogP contribution >= 0.6 is 0 Å². The van der Waals surface area contributed by atoms with Crippen LogP contribution in [0.15, 0.2) is 48.5 Å². The summed E-state index contributed by atoms with van der Waals surface area (Å²) in [5.74, 6) is 2.41. The Morgan fingerprint density at radius 2 is 1.74 bits per heavy atom. The molecule has 23 heavy (non-hydrogen) atoms. The smallest absolute Gasteiger partial charge is 0.161 e. The van der Waals surface area contributed by atoms with Crippen molar-refractivity contribution in [1.82, 2.24) is 5.32 Å². The molecule has 1 heterocycles. The molecule has 3 nitrogen and oxygen atoms in total. The first-order valence-corrected chi connectivity index (χ1v) is 8.39. The Morgan fingerprint density at radius 1 is 0.957 bits per heavy atom. The van der Waals surface area contributed by atoms with E-state index in [2.05, 4.69) is 29.6 Å². The van der Waals surface area contributed by atoms with Gasteiger partial charge < -0.3 is 14.8 Å². The molecule has 2 aromatic carbocycles. The zero-order valence-corrected chi connectivity index (χ0v) is 13.8. The number of methoxy groups -OCH3 is 1. The van der Waals surface area contributed by atoms with E-state index in [4.69, 9.17) is 9.47 Å². The average Bonchev–Trinajstić information content (AvgIpc) is 2.62. The summed E-state index contributed by atoms with van der Waals surface area (Å²) in [6, 6.07) is 16.5. The molecule has 0 unspecified atom stereocenters. The Morgan fingerprint density at radius 3 is 2.48 bits per heavy atom. The molecule has 2 aromatic rings. The van der Waals surface area contributed by atoms with Gasteiger partial charge in [0, 0.05) is 0 Å². The molecule has 1 aliphatic rings. The predicted molar refractivity (Wildman–Crippen MR) is 93.1 cm³/mol. The Balaban J connectivity index is 1.64. The summed E-state index contributed by atoms with van der Waals surface area (Å²) in [5.41, 5.74) is 2.49. The highest BCUT2D eigenvalue weighted by Crippen LogP contribution is 2.30. The summed E-state index contributed by atoms with van der Waals surface area (Å²) in [5, 5.41) is 3.42. The highest BCUT2D eigenvalue weighted by atomic mass is 16.5. The van der Waals surface area contributed by atoms with Gasteiger partial charge in [0.1, 0.15) is 6.61 Å². The largest absolute Gasteiger partial charge is 0.493 e. The van der Waals surface area contributed by atoms with Crippen LogP contribution in [0, 0.1) is 5.92 Å². The van der Waals surface area contributed by atoms with Gasteiger partial charge in [0.05, 0.1) is 7.11 Å². The van der Waals surface area contributed by atoms with Crippen molar-refractivity contribution in [1.29, 1.82) is 0 Å². The lowest BCUT2D eigenvalue weighted by Gasteiger charge is -2.23. The van der Waals surface area contributed by atoms with Gasteiger partial charge in [0.15, 0.2) is 11.5 Å². The molecule has 0 saturated carbocycles. The van der Waals surface area contributed by atoms with Crippen LogP contribution in [-0.4, -0.2) is 20.2 Å². The molecule has 0 amide bonds. The molecule has 0 aromatic heterocycles. The lowest BCUT2D eigenvalue weighted by Crippen LogP contribution is -2.28. The van der Waals surface area contributed by atoms with Crippen LogP contribution in [0.1, 0.15) is 24.0 Å². The van der Waals surface area contributed by atoms with E-state index in [-0.39, 0.29) is 0 Å². The summed E-state index contributed by atoms with van der Waals surface area (Å²) in [4.78, 5) is 0. The fourth-order valence-corrected chi connectivity index (χ4v) is 3.11. The standard InChI is InChI=1S/C20H25NO2/c1-22-20-14-18(13-16-9-11-21-12-10-16)7-8-19(20)23-15-17-5-3-2-4-6-17/h2-8,14,16,21H,9-13,15H2,1H3. The molecule has 0 bridgehead atoms. The quantitative estimate of drug-likeness (QED) is 0.880. The lowest BCUT2D eigenvalue weighted by atomic mass is 9.91. The Hall–Kier alpha value is -2.00. The molecule has 1 fully saturated rings. The monoisotopic (exact) mass is 311 g/mol. The topological polar surface area (TPSA) is 30.5 Å². The van der Waals surface area contributed by atoms with Gasteiger partial charge in [-0.2, -0.15) is 0 Å². The van der Waals surface area contributed by atoms with E-state index in [1.165, 1.54) is 18.4 Å². The Labute approximate surface area is 138 Å². The van der Waals surface area contributed by atoms with E-state index in [0.29, 0.717) is 6.61 Å². The van der Waals surface area contributed by atoms with E-state index in [0.717, 1.165) is 42.5 Å². The van der Waals surface area contributed by atoms with E-state index in [9.17, 15) is 0 Å². The molecule has 3 rings (SSSR count). The van der Waals surface area contributed by atoms with Crippen molar-refractivity contribution < 1.29 is 9.47 Å². The zero-order valence-electron chi connectivity index (χ0n) is 13.8. The molecule has 0 aliphatic carbocycles. The Kier molecular flexibility index (Phi) is 5.54. The molecular formula is C20H25NO2. The predicted octanol–water partition coefficient (Wildman–Crippen LogP) is 3.82. The number of rotatable bonds is 6. The summed E-state index contributed by atoms with van der Waals surface area (Å²) in [6.45, 7) is 2.84. The van der Waals surface area contributed by atoms with Crippen LogP contribution in [0.5, 0.6) is 11.5 Å². The lowest BCUT2D eigenvalue weighted by molar-refractivity contribution is 0.284. The van der Waals surface area contributed by atoms with Gasteiger partial charge in [0.25, 0.3) is 0 Å².